The van der Waals surface area contributed by atoms with Gasteiger partial charge in [0.1, 0.15) is 11.6 Å². The number of hydrogen-bond acceptors (Lipinski definition) is 6. The Morgan fingerprint density at radius 3 is 2.40 bits per heavy atom. The molecule has 2 aromatic heterocycles. The van der Waals surface area contributed by atoms with Crippen LogP contribution in [0.3, 0.4) is 0 Å². The summed E-state index contributed by atoms with van der Waals surface area (Å²) in [6.45, 7) is 4.79. The van der Waals surface area contributed by atoms with Gasteiger partial charge in [-0.25, -0.2) is 15.0 Å². The highest BCUT2D eigenvalue weighted by molar-refractivity contribution is 5.48. The number of nitrogens with zero attached hydrogens (tertiary/aromatic N) is 5. The van der Waals surface area contributed by atoms with Crippen molar-refractivity contribution in [1.82, 2.24) is 19.9 Å². The number of aromatic nitrogens is 3. The van der Waals surface area contributed by atoms with Gasteiger partial charge in [0, 0.05) is 38.6 Å². The van der Waals surface area contributed by atoms with Gasteiger partial charge < -0.3 is 10.6 Å². The molecule has 104 valence electrons. The Kier molecular flexibility index (Phi) is 3.73. The molecule has 1 aliphatic heterocycles. The van der Waals surface area contributed by atoms with Gasteiger partial charge in [-0.3, -0.25) is 4.90 Å². The summed E-state index contributed by atoms with van der Waals surface area (Å²) in [6.07, 6.45) is 5.42. The van der Waals surface area contributed by atoms with Crippen LogP contribution in [0, 0.1) is 0 Å². The smallest absolute Gasteiger partial charge is 0.142 e. The van der Waals surface area contributed by atoms with Gasteiger partial charge in [-0.1, -0.05) is 0 Å². The largest absolute Gasteiger partial charge is 0.384 e. The van der Waals surface area contributed by atoms with Crippen LogP contribution in [0.1, 0.15) is 5.82 Å². The predicted octanol–water partition coefficient (Wildman–Crippen LogP) is 0.776. The van der Waals surface area contributed by atoms with Crippen LogP contribution in [0.2, 0.25) is 0 Å². The molecule has 2 aromatic rings. The van der Waals surface area contributed by atoms with Gasteiger partial charge in [0.2, 0.25) is 0 Å². The number of rotatable bonds is 3. The second-order valence-corrected chi connectivity index (χ2v) is 4.87. The standard InChI is InChI=1S/C14H18N6/c15-13-3-2-12(10-18-13)20-8-6-19(7-9-20)11-14-16-4-1-5-17-14/h1-5,10H,6-9,11H2,(H2,15,18). The summed E-state index contributed by atoms with van der Waals surface area (Å²) in [5, 5.41) is 0. The van der Waals surface area contributed by atoms with E-state index in [9.17, 15) is 0 Å². The van der Waals surface area contributed by atoms with E-state index in [2.05, 4.69) is 24.8 Å². The highest BCUT2D eigenvalue weighted by atomic mass is 15.3. The Labute approximate surface area is 118 Å². The zero-order valence-corrected chi connectivity index (χ0v) is 11.3. The van der Waals surface area contributed by atoms with Crippen molar-refractivity contribution in [2.45, 2.75) is 6.54 Å². The maximum absolute atomic E-state index is 5.61. The van der Waals surface area contributed by atoms with Gasteiger partial charge in [-0.05, 0) is 18.2 Å². The van der Waals surface area contributed by atoms with E-state index in [0.29, 0.717) is 5.82 Å². The SMILES string of the molecule is Nc1ccc(N2CCN(Cc3ncccn3)CC2)cn1. The summed E-state index contributed by atoms with van der Waals surface area (Å²) < 4.78 is 0. The minimum absolute atomic E-state index is 0.564. The molecule has 1 saturated heterocycles. The number of pyridine rings is 1. The van der Waals surface area contributed by atoms with Gasteiger partial charge in [-0.15, -0.1) is 0 Å². The van der Waals surface area contributed by atoms with E-state index in [1.54, 1.807) is 12.4 Å². The lowest BCUT2D eigenvalue weighted by Gasteiger charge is -2.35. The maximum atomic E-state index is 5.61. The topological polar surface area (TPSA) is 71.2 Å². The lowest BCUT2D eigenvalue weighted by atomic mass is 10.2. The highest BCUT2D eigenvalue weighted by Crippen LogP contribution is 2.16. The minimum atomic E-state index is 0.564. The molecular formula is C14H18N6. The van der Waals surface area contributed by atoms with Gasteiger partial charge in [0.25, 0.3) is 0 Å². The second kappa shape index (κ2) is 5.83. The van der Waals surface area contributed by atoms with Crippen molar-refractivity contribution in [3.63, 3.8) is 0 Å². The van der Waals surface area contributed by atoms with Gasteiger partial charge in [0.15, 0.2) is 0 Å². The lowest BCUT2D eigenvalue weighted by Crippen LogP contribution is -2.46. The Balaban J connectivity index is 1.55. The van der Waals surface area contributed by atoms with Crippen molar-refractivity contribution < 1.29 is 0 Å². The van der Waals surface area contributed by atoms with E-state index in [-0.39, 0.29) is 0 Å². The van der Waals surface area contributed by atoms with Crippen LogP contribution in [0.4, 0.5) is 11.5 Å². The Morgan fingerprint density at radius 2 is 1.75 bits per heavy atom. The van der Waals surface area contributed by atoms with Crippen LogP contribution < -0.4 is 10.6 Å². The van der Waals surface area contributed by atoms with Gasteiger partial charge in [-0.2, -0.15) is 0 Å². The first kappa shape index (κ1) is 12.8. The number of anilines is 2. The van der Waals surface area contributed by atoms with E-state index in [0.717, 1.165) is 44.2 Å². The van der Waals surface area contributed by atoms with Crippen molar-refractivity contribution in [3.8, 4) is 0 Å². The molecule has 0 amide bonds. The molecule has 6 heteroatoms. The zero-order valence-electron chi connectivity index (χ0n) is 11.3. The van der Waals surface area contributed by atoms with E-state index in [1.165, 1.54) is 0 Å². The van der Waals surface area contributed by atoms with Crippen molar-refractivity contribution in [1.29, 1.82) is 0 Å². The van der Waals surface area contributed by atoms with E-state index < -0.39 is 0 Å². The summed E-state index contributed by atoms with van der Waals surface area (Å²) in [4.78, 5) is 17.4. The Morgan fingerprint density at radius 1 is 1.00 bits per heavy atom. The highest BCUT2D eigenvalue weighted by Gasteiger charge is 2.18. The molecule has 20 heavy (non-hydrogen) atoms. The first-order chi connectivity index (χ1) is 9.81. The molecular weight excluding hydrogens is 252 g/mol. The molecule has 0 aromatic carbocycles. The quantitative estimate of drug-likeness (QED) is 0.888. The summed E-state index contributed by atoms with van der Waals surface area (Å²) >= 11 is 0. The molecule has 0 atom stereocenters. The molecule has 2 N–H and O–H groups in total. The van der Waals surface area contributed by atoms with E-state index in [1.807, 2.05) is 24.4 Å². The third-order valence-corrected chi connectivity index (χ3v) is 3.49. The third-order valence-electron chi connectivity index (χ3n) is 3.49. The molecule has 1 fully saturated rings. The molecule has 0 spiro atoms. The fourth-order valence-electron chi connectivity index (χ4n) is 2.36. The molecule has 1 aliphatic rings. The molecule has 3 rings (SSSR count). The van der Waals surface area contributed by atoms with Crippen molar-refractivity contribution in [2.24, 2.45) is 0 Å². The van der Waals surface area contributed by atoms with E-state index >= 15 is 0 Å². The summed E-state index contributed by atoms with van der Waals surface area (Å²) in [7, 11) is 0. The molecule has 3 heterocycles. The van der Waals surface area contributed by atoms with E-state index in [4.69, 9.17) is 5.73 Å². The first-order valence-electron chi connectivity index (χ1n) is 6.76. The fraction of sp³-hybridized carbons (Fsp3) is 0.357. The van der Waals surface area contributed by atoms with Crippen LogP contribution >= 0.6 is 0 Å². The summed E-state index contributed by atoms with van der Waals surface area (Å²) in [5.74, 6) is 1.45. The van der Waals surface area contributed by atoms with Crippen LogP contribution in [0.25, 0.3) is 0 Å². The van der Waals surface area contributed by atoms with Gasteiger partial charge in [0.05, 0.1) is 18.4 Å². The van der Waals surface area contributed by atoms with Crippen molar-refractivity contribution in [2.75, 3.05) is 36.8 Å². The monoisotopic (exact) mass is 270 g/mol. The van der Waals surface area contributed by atoms with Crippen LogP contribution in [0.15, 0.2) is 36.8 Å². The van der Waals surface area contributed by atoms with Crippen LogP contribution in [0.5, 0.6) is 0 Å². The molecule has 0 unspecified atom stereocenters. The second-order valence-electron chi connectivity index (χ2n) is 4.87. The predicted molar refractivity (Wildman–Crippen MR) is 78.2 cm³/mol. The van der Waals surface area contributed by atoms with Gasteiger partial charge >= 0.3 is 0 Å². The number of hydrogen-bond donors (Lipinski definition) is 1. The fourth-order valence-corrected chi connectivity index (χ4v) is 2.36. The van der Waals surface area contributed by atoms with Crippen molar-refractivity contribution >= 4 is 11.5 Å². The number of nitrogen functional groups attached to an aromatic ring is 1. The molecule has 0 saturated carbocycles. The lowest BCUT2D eigenvalue weighted by molar-refractivity contribution is 0.244. The normalized spacial score (nSPS) is 16.3. The number of piperazine rings is 1. The first-order valence-corrected chi connectivity index (χ1v) is 6.76. The Hall–Kier alpha value is -2.21. The summed E-state index contributed by atoms with van der Waals surface area (Å²) in [6, 6.07) is 5.72. The molecule has 6 nitrogen and oxygen atoms in total. The molecule has 0 aliphatic carbocycles. The van der Waals surface area contributed by atoms with Crippen molar-refractivity contribution in [3.05, 3.63) is 42.6 Å². The molecule has 0 radical (unpaired) electrons. The maximum Gasteiger partial charge on any atom is 0.142 e. The molecule has 0 bridgehead atoms. The van der Waals surface area contributed by atoms with Crippen LogP contribution in [-0.4, -0.2) is 46.0 Å². The number of nitrogens with two attached hydrogens (primary N) is 1. The van der Waals surface area contributed by atoms with Crippen LogP contribution in [-0.2, 0) is 6.54 Å². The Bertz CT molecular complexity index is 533. The summed E-state index contributed by atoms with van der Waals surface area (Å²) in [5.41, 5.74) is 6.75. The zero-order chi connectivity index (χ0) is 13.8. The average Bonchev–Trinajstić information content (AvgIpc) is 2.50. The minimum Gasteiger partial charge on any atom is -0.384 e. The third kappa shape index (κ3) is 3.03. The average molecular weight is 270 g/mol.